The Morgan fingerprint density at radius 1 is 1.39 bits per heavy atom. The van der Waals surface area contributed by atoms with Crippen molar-refractivity contribution >= 4 is 22.3 Å². The molecular formula is C11H18N2O4S. The third-order valence-electron chi connectivity index (χ3n) is 2.80. The summed E-state index contributed by atoms with van der Waals surface area (Å²) in [6, 6.07) is 0. The molecule has 102 valence electrons. The van der Waals surface area contributed by atoms with Gasteiger partial charge >= 0.3 is 0 Å². The van der Waals surface area contributed by atoms with E-state index in [0.717, 1.165) is 6.42 Å². The van der Waals surface area contributed by atoms with Crippen LogP contribution in [0.4, 0.5) is 0 Å². The van der Waals surface area contributed by atoms with Crippen molar-refractivity contribution < 1.29 is 18.0 Å². The lowest BCUT2D eigenvalue weighted by molar-refractivity contribution is -0.120. The van der Waals surface area contributed by atoms with Gasteiger partial charge in [-0.15, -0.1) is 6.58 Å². The van der Waals surface area contributed by atoms with Gasteiger partial charge in [0, 0.05) is 13.0 Å². The third-order valence-corrected chi connectivity index (χ3v) is 4.64. The first kappa shape index (κ1) is 14.7. The van der Waals surface area contributed by atoms with Gasteiger partial charge in [-0.2, -0.15) is 0 Å². The maximum absolute atomic E-state index is 11.4. The Morgan fingerprint density at radius 3 is 2.28 bits per heavy atom. The molecule has 2 N–H and O–H groups in total. The van der Waals surface area contributed by atoms with E-state index >= 15 is 0 Å². The third kappa shape index (κ3) is 4.14. The summed E-state index contributed by atoms with van der Waals surface area (Å²) in [5.74, 6) is -0.354. The Labute approximate surface area is 107 Å². The molecule has 2 unspecified atom stereocenters. The fraction of sp³-hybridized carbons (Fsp3) is 0.636. The zero-order valence-corrected chi connectivity index (χ0v) is 11.1. The van der Waals surface area contributed by atoms with Crippen LogP contribution < -0.4 is 10.0 Å². The fourth-order valence-electron chi connectivity index (χ4n) is 1.45. The molecule has 7 heteroatoms. The van der Waals surface area contributed by atoms with Crippen molar-refractivity contribution in [1.82, 2.24) is 10.0 Å². The van der Waals surface area contributed by atoms with Crippen LogP contribution in [0.5, 0.6) is 0 Å². The van der Waals surface area contributed by atoms with Crippen LogP contribution in [0.1, 0.15) is 19.3 Å². The maximum Gasteiger partial charge on any atom is 0.237 e. The number of carbonyl (C=O) groups excluding carboxylic acids is 2. The molecule has 0 aromatic heterocycles. The number of hydrogen-bond donors (Lipinski definition) is 2. The molecule has 0 saturated heterocycles. The first-order chi connectivity index (χ1) is 8.46. The Balaban J connectivity index is 0.000000357. The number of allylic oxidation sites excluding steroid dienone is 1. The molecule has 18 heavy (non-hydrogen) atoms. The lowest BCUT2D eigenvalue weighted by Gasteiger charge is -2.03. The van der Waals surface area contributed by atoms with Gasteiger partial charge in [0.2, 0.25) is 22.3 Å². The van der Waals surface area contributed by atoms with Crippen LogP contribution in [0, 0.1) is 11.8 Å². The van der Waals surface area contributed by atoms with E-state index in [1.807, 2.05) is 0 Å². The number of rotatable bonds is 5. The summed E-state index contributed by atoms with van der Waals surface area (Å²) in [5, 5.41) is 1.92. The molecule has 0 heterocycles. The molecule has 2 atom stereocenters. The summed E-state index contributed by atoms with van der Waals surface area (Å²) < 4.78 is 24.9. The monoisotopic (exact) mass is 274 g/mol. The van der Waals surface area contributed by atoms with Crippen LogP contribution in [0.2, 0.25) is 0 Å². The Kier molecular flexibility index (Phi) is 4.89. The number of carbonyl (C=O) groups is 2. The summed E-state index contributed by atoms with van der Waals surface area (Å²) >= 11 is 0. The van der Waals surface area contributed by atoms with Crippen molar-refractivity contribution in [1.29, 1.82) is 0 Å². The first-order valence-corrected chi connectivity index (χ1v) is 7.29. The Bertz CT molecular complexity index is 428. The molecule has 0 aromatic rings. The van der Waals surface area contributed by atoms with Crippen molar-refractivity contribution in [2.24, 2.45) is 11.8 Å². The van der Waals surface area contributed by atoms with Gasteiger partial charge in [-0.25, -0.2) is 8.42 Å². The second-order valence-electron chi connectivity index (χ2n) is 4.36. The minimum Gasteiger partial charge on any atom is -0.362 e. The minimum atomic E-state index is -3.36. The van der Waals surface area contributed by atoms with Gasteiger partial charge in [0.15, 0.2) is 0 Å². The van der Waals surface area contributed by atoms with Crippen molar-refractivity contribution in [2.75, 3.05) is 7.05 Å². The Hall–Kier alpha value is -1.37. The molecule has 0 aliphatic heterocycles. The van der Waals surface area contributed by atoms with Gasteiger partial charge in [0.05, 0.1) is 5.25 Å². The summed E-state index contributed by atoms with van der Waals surface area (Å²) in [5.41, 5.74) is 0. The molecule has 0 spiro atoms. The summed E-state index contributed by atoms with van der Waals surface area (Å²) in [4.78, 5) is 20.4. The topological polar surface area (TPSA) is 92.3 Å². The molecule has 0 aromatic carbocycles. The summed E-state index contributed by atoms with van der Waals surface area (Å²) in [7, 11) is -1.79. The Morgan fingerprint density at radius 2 is 1.94 bits per heavy atom. The zero-order valence-electron chi connectivity index (χ0n) is 10.3. The number of sulfonamides is 1. The van der Waals surface area contributed by atoms with Gasteiger partial charge in [0.1, 0.15) is 0 Å². The predicted molar refractivity (Wildman–Crippen MR) is 67.0 cm³/mol. The summed E-state index contributed by atoms with van der Waals surface area (Å²) in [6.45, 7) is 3.57. The van der Waals surface area contributed by atoms with E-state index in [9.17, 15) is 13.2 Å². The van der Waals surface area contributed by atoms with E-state index in [1.54, 1.807) is 13.1 Å². The standard InChI is InChI=1S/C9H13NO3S.C2H5NO/c1-2-6-5-8(6)9(11)10-14(12,13)7-3-4-7;1-3-2-4/h2,6-8H,1,3-5H2,(H,10,11);2H,1H3,(H,3,4). The molecule has 2 saturated carbocycles. The van der Waals surface area contributed by atoms with Gasteiger partial charge in [-0.3, -0.25) is 14.3 Å². The van der Waals surface area contributed by atoms with E-state index in [4.69, 9.17) is 4.79 Å². The average molecular weight is 274 g/mol. The molecular weight excluding hydrogens is 256 g/mol. The highest BCUT2D eigenvalue weighted by Gasteiger charge is 2.44. The van der Waals surface area contributed by atoms with E-state index in [1.165, 1.54) is 0 Å². The lowest BCUT2D eigenvalue weighted by atomic mass is 10.3. The smallest absolute Gasteiger partial charge is 0.237 e. The largest absolute Gasteiger partial charge is 0.362 e. The molecule has 2 aliphatic rings. The summed E-state index contributed by atoms with van der Waals surface area (Å²) in [6.07, 6.45) is 4.42. The lowest BCUT2D eigenvalue weighted by Crippen LogP contribution is -2.34. The number of hydrogen-bond acceptors (Lipinski definition) is 4. The van der Waals surface area contributed by atoms with Crippen molar-refractivity contribution in [3.8, 4) is 0 Å². The maximum atomic E-state index is 11.4. The van der Waals surface area contributed by atoms with E-state index in [0.29, 0.717) is 19.3 Å². The normalized spacial score (nSPS) is 25.2. The molecule has 0 bridgehead atoms. The van der Waals surface area contributed by atoms with E-state index < -0.39 is 10.0 Å². The highest BCUT2D eigenvalue weighted by molar-refractivity contribution is 7.90. The molecule has 0 radical (unpaired) electrons. The first-order valence-electron chi connectivity index (χ1n) is 5.75. The number of amides is 2. The van der Waals surface area contributed by atoms with Crippen LogP contribution >= 0.6 is 0 Å². The van der Waals surface area contributed by atoms with Gasteiger partial charge in [-0.05, 0) is 25.2 Å². The van der Waals surface area contributed by atoms with Gasteiger partial charge in [0.25, 0.3) is 0 Å². The van der Waals surface area contributed by atoms with Crippen LogP contribution in [0.3, 0.4) is 0 Å². The highest BCUT2D eigenvalue weighted by Crippen LogP contribution is 2.39. The van der Waals surface area contributed by atoms with Gasteiger partial charge in [-0.1, -0.05) is 6.08 Å². The molecule has 2 aliphatic carbocycles. The fourth-order valence-corrected chi connectivity index (χ4v) is 2.81. The van der Waals surface area contributed by atoms with Gasteiger partial charge < -0.3 is 5.32 Å². The minimum absolute atomic E-state index is 0.166. The van der Waals surface area contributed by atoms with E-state index in [-0.39, 0.29) is 23.0 Å². The molecule has 2 rings (SSSR count). The molecule has 2 amide bonds. The second-order valence-corrected chi connectivity index (χ2v) is 6.32. The molecule has 2 fully saturated rings. The van der Waals surface area contributed by atoms with E-state index in [2.05, 4.69) is 16.6 Å². The van der Waals surface area contributed by atoms with Crippen LogP contribution in [0.15, 0.2) is 12.7 Å². The second kappa shape index (κ2) is 5.99. The van der Waals surface area contributed by atoms with Crippen molar-refractivity contribution in [3.05, 3.63) is 12.7 Å². The van der Waals surface area contributed by atoms with Crippen LogP contribution in [0.25, 0.3) is 0 Å². The SMILES string of the molecule is C=CC1CC1C(=O)NS(=O)(=O)C1CC1.CNC=O. The zero-order chi connectivity index (χ0) is 13.8. The molecule has 6 nitrogen and oxygen atoms in total. The van der Waals surface area contributed by atoms with Crippen molar-refractivity contribution in [3.63, 3.8) is 0 Å². The quantitative estimate of drug-likeness (QED) is 0.535. The van der Waals surface area contributed by atoms with Crippen LogP contribution in [-0.2, 0) is 19.6 Å². The average Bonchev–Trinajstić information content (AvgIpc) is 3.20. The highest BCUT2D eigenvalue weighted by atomic mass is 32.2. The van der Waals surface area contributed by atoms with Crippen molar-refractivity contribution in [2.45, 2.75) is 24.5 Å². The van der Waals surface area contributed by atoms with Crippen LogP contribution in [-0.4, -0.2) is 33.0 Å². The predicted octanol–water partition coefficient (Wildman–Crippen LogP) is -0.221. The number of nitrogens with one attached hydrogen (secondary N) is 2.